The molecule has 0 aliphatic carbocycles. The average molecular weight is 217 g/mol. The van der Waals surface area contributed by atoms with Gasteiger partial charge in [0.05, 0.1) is 24.9 Å². The first kappa shape index (κ1) is 14.9. The lowest BCUT2D eigenvalue weighted by molar-refractivity contribution is -0.0278. The van der Waals surface area contributed by atoms with E-state index in [0.717, 1.165) is 26.2 Å². The molecule has 0 spiro atoms. The summed E-state index contributed by atoms with van der Waals surface area (Å²) in [6.45, 7) is 13.7. The molecule has 15 heavy (non-hydrogen) atoms. The number of hydrogen-bond donors (Lipinski definition) is 1. The van der Waals surface area contributed by atoms with E-state index in [1.54, 1.807) is 0 Å². The van der Waals surface area contributed by atoms with Crippen molar-refractivity contribution in [2.75, 3.05) is 26.4 Å². The fraction of sp³-hybridized carbons (Fsp3) is 1.00. The van der Waals surface area contributed by atoms with Crippen LogP contribution in [-0.2, 0) is 9.47 Å². The van der Waals surface area contributed by atoms with Crippen LogP contribution in [0.5, 0.6) is 0 Å². The van der Waals surface area contributed by atoms with E-state index in [1.807, 2.05) is 0 Å². The molecule has 0 fully saturated rings. The van der Waals surface area contributed by atoms with Crippen molar-refractivity contribution in [1.82, 2.24) is 5.32 Å². The Morgan fingerprint density at radius 3 is 2.27 bits per heavy atom. The van der Waals surface area contributed by atoms with Gasteiger partial charge < -0.3 is 14.8 Å². The summed E-state index contributed by atoms with van der Waals surface area (Å²) in [6.07, 6.45) is 1.07. The van der Waals surface area contributed by atoms with Gasteiger partial charge in [-0.15, -0.1) is 0 Å². The van der Waals surface area contributed by atoms with Crippen LogP contribution < -0.4 is 5.32 Å². The molecule has 3 nitrogen and oxygen atoms in total. The van der Waals surface area contributed by atoms with Crippen molar-refractivity contribution in [2.24, 2.45) is 0 Å². The molecular weight excluding hydrogens is 190 g/mol. The van der Waals surface area contributed by atoms with Gasteiger partial charge in [0.15, 0.2) is 0 Å². The van der Waals surface area contributed by atoms with E-state index in [1.165, 1.54) is 0 Å². The van der Waals surface area contributed by atoms with Crippen molar-refractivity contribution >= 4 is 0 Å². The number of likely N-dealkylation sites (N-methyl/N-ethyl adjacent to an activating group) is 1. The lowest BCUT2D eigenvalue weighted by atomic mass is 10.2. The average Bonchev–Trinajstić information content (AvgIpc) is 2.13. The highest BCUT2D eigenvalue weighted by Crippen LogP contribution is 2.07. The molecule has 0 saturated carbocycles. The summed E-state index contributed by atoms with van der Waals surface area (Å²) in [6, 6.07) is 0.306. The van der Waals surface area contributed by atoms with Gasteiger partial charge in [0.25, 0.3) is 0 Å². The molecule has 3 heteroatoms. The largest absolute Gasteiger partial charge is 0.380 e. The monoisotopic (exact) mass is 217 g/mol. The second kappa shape index (κ2) is 8.08. The fourth-order valence-electron chi connectivity index (χ4n) is 1.18. The maximum Gasteiger partial charge on any atom is 0.0649 e. The van der Waals surface area contributed by atoms with E-state index in [4.69, 9.17) is 9.47 Å². The standard InChI is InChI=1S/C12H27NO2/c1-6-8-14-9-11(13-7-2)10-15-12(3,4)5/h11,13H,6-10H2,1-5H3. The Balaban J connectivity index is 3.72. The van der Waals surface area contributed by atoms with Gasteiger partial charge in [0.2, 0.25) is 0 Å². The van der Waals surface area contributed by atoms with Gasteiger partial charge in [-0.2, -0.15) is 0 Å². The maximum atomic E-state index is 5.73. The number of hydrogen-bond acceptors (Lipinski definition) is 3. The van der Waals surface area contributed by atoms with Crippen molar-refractivity contribution < 1.29 is 9.47 Å². The van der Waals surface area contributed by atoms with E-state index in [9.17, 15) is 0 Å². The molecule has 92 valence electrons. The first-order valence-electron chi connectivity index (χ1n) is 5.94. The Hall–Kier alpha value is -0.120. The molecule has 0 aromatic rings. The zero-order valence-electron chi connectivity index (χ0n) is 10.9. The lowest BCUT2D eigenvalue weighted by Gasteiger charge is -2.24. The highest BCUT2D eigenvalue weighted by Gasteiger charge is 2.14. The van der Waals surface area contributed by atoms with E-state index in [0.29, 0.717) is 12.6 Å². The first-order chi connectivity index (χ1) is 6.99. The summed E-state index contributed by atoms with van der Waals surface area (Å²) in [7, 11) is 0. The summed E-state index contributed by atoms with van der Waals surface area (Å²) in [5, 5.41) is 3.36. The third-order valence-corrected chi connectivity index (χ3v) is 1.88. The van der Waals surface area contributed by atoms with Gasteiger partial charge in [-0.3, -0.25) is 0 Å². The molecule has 1 N–H and O–H groups in total. The second-order valence-corrected chi connectivity index (χ2v) is 4.75. The third kappa shape index (κ3) is 10.2. The van der Waals surface area contributed by atoms with Gasteiger partial charge in [0.1, 0.15) is 0 Å². The van der Waals surface area contributed by atoms with Crippen molar-refractivity contribution in [2.45, 2.75) is 52.7 Å². The molecule has 1 unspecified atom stereocenters. The molecule has 0 aromatic carbocycles. The van der Waals surface area contributed by atoms with E-state index >= 15 is 0 Å². The number of nitrogens with one attached hydrogen (secondary N) is 1. The summed E-state index contributed by atoms with van der Waals surface area (Å²) in [5.41, 5.74) is -0.0710. The quantitative estimate of drug-likeness (QED) is 0.632. The third-order valence-electron chi connectivity index (χ3n) is 1.88. The predicted octanol–water partition coefficient (Wildman–Crippen LogP) is 2.21. The van der Waals surface area contributed by atoms with Gasteiger partial charge in [-0.05, 0) is 33.7 Å². The van der Waals surface area contributed by atoms with Crippen LogP contribution in [0.4, 0.5) is 0 Å². The van der Waals surface area contributed by atoms with Gasteiger partial charge in [-0.1, -0.05) is 13.8 Å². The fourth-order valence-corrected chi connectivity index (χ4v) is 1.18. The van der Waals surface area contributed by atoms with Gasteiger partial charge >= 0.3 is 0 Å². The van der Waals surface area contributed by atoms with Crippen LogP contribution >= 0.6 is 0 Å². The van der Waals surface area contributed by atoms with Crippen LogP contribution in [0.1, 0.15) is 41.0 Å². The first-order valence-corrected chi connectivity index (χ1v) is 5.94. The highest BCUT2D eigenvalue weighted by molar-refractivity contribution is 4.68. The number of ether oxygens (including phenoxy) is 2. The molecule has 0 saturated heterocycles. The highest BCUT2D eigenvalue weighted by atomic mass is 16.5. The maximum absolute atomic E-state index is 5.73. The molecule has 0 bridgehead atoms. The Morgan fingerprint density at radius 2 is 1.80 bits per heavy atom. The van der Waals surface area contributed by atoms with Crippen LogP contribution in [0.25, 0.3) is 0 Å². The van der Waals surface area contributed by atoms with Crippen molar-refractivity contribution in [3.63, 3.8) is 0 Å². The predicted molar refractivity (Wildman–Crippen MR) is 64.3 cm³/mol. The molecule has 0 aromatic heterocycles. The summed E-state index contributed by atoms with van der Waals surface area (Å²) in [5.74, 6) is 0. The normalized spacial score (nSPS) is 14.2. The van der Waals surface area contributed by atoms with E-state index in [2.05, 4.69) is 39.9 Å². The smallest absolute Gasteiger partial charge is 0.0649 e. The van der Waals surface area contributed by atoms with Crippen LogP contribution in [0.15, 0.2) is 0 Å². The minimum absolute atomic E-state index is 0.0710. The summed E-state index contributed by atoms with van der Waals surface area (Å²) < 4.78 is 11.3. The molecule has 0 heterocycles. The van der Waals surface area contributed by atoms with Crippen LogP contribution in [0.3, 0.4) is 0 Å². The van der Waals surface area contributed by atoms with Crippen LogP contribution in [-0.4, -0.2) is 38.0 Å². The summed E-state index contributed by atoms with van der Waals surface area (Å²) >= 11 is 0. The van der Waals surface area contributed by atoms with Gasteiger partial charge in [-0.25, -0.2) is 0 Å². The Kier molecular flexibility index (Phi) is 8.02. The molecule has 0 amide bonds. The Morgan fingerprint density at radius 1 is 1.13 bits per heavy atom. The van der Waals surface area contributed by atoms with Crippen LogP contribution in [0, 0.1) is 0 Å². The van der Waals surface area contributed by atoms with Crippen molar-refractivity contribution in [3.8, 4) is 0 Å². The van der Waals surface area contributed by atoms with Crippen LogP contribution in [0.2, 0.25) is 0 Å². The minimum Gasteiger partial charge on any atom is -0.380 e. The zero-order valence-corrected chi connectivity index (χ0v) is 10.9. The van der Waals surface area contributed by atoms with Gasteiger partial charge in [0, 0.05) is 6.61 Å². The zero-order chi connectivity index (χ0) is 11.7. The molecule has 0 rings (SSSR count). The Bertz CT molecular complexity index is 143. The van der Waals surface area contributed by atoms with E-state index in [-0.39, 0.29) is 5.60 Å². The van der Waals surface area contributed by atoms with E-state index < -0.39 is 0 Å². The molecule has 0 aliphatic rings. The molecule has 0 aliphatic heterocycles. The molecular formula is C12H27NO2. The SMILES string of the molecule is CCCOCC(COC(C)(C)C)NCC. The second-order valence-electron chi connectivity index (χ2n) is 4.75. The Labute approximate surface area is 94.5 Å². The lowest BCUT2D eigenvalue weighted by Crippen LogP contribution is -2.40. The van der Waals surface area contributed by atoms with Crippen molar-refractivity contribution in [1.29, 1.82) is 0 Å². The molecule has 0 radical (unpaired) electrons. The van der Waals surface area contributed by atoms with Crippen molar-refractivity contribution in [3.05, 3.63) is 0 Å². The number of rotatable bonds is 8. The summed E-state index contributed by atoms with van der Waals surface area (Å²) in [4.78, 5) is 0. The minimum atomic E-state index is -0.0710. The topological polar surface area (TPSA) is 30.5 Å². The molecule has 1 atom stereocenters.